The average molecular weight is 270 g/mol. The van der Waals surface area contributed by atoms with Crippen LogP contribution < -0.4 is 5.56 Å². The summed E-state index contributed by atoms with van der Waals surface area (Å²) in [4.78, 5) is 11.4. The number of hydrogen-bond acceptors (Lipinski definition) is 1. The van der Waals surface area contributed by atoms with Gasteiger partial charge >= 0.3 is 6.18 Å². The van der Waals surface area contributed by atoms with E-state index in [0.717, 1.165) is 6.07 Å². The summed E-state index contributed by atoms with van der Waals surface area (Å²) in [6.45, 7) is 3.57. The number of hydrogen-bond donors (Lipinski definition) is 1. The summed E-state index contributed by atoms with van der Waals surface area (Å²) in [6.07, 6.45) is -4.45. The molecular weight excluding hydrogens is 257 g/mol. The van der Waals surface area contributed by atoms with Gasteiger partial charge in [-0.2, -0.15) is 13.2 Å². The Morgan fingerprint density at radius 3 is 2.42 bits per heavy atom. The lowest BCUT2D eigenvalue weighted by molar-refractivity contribution is -0.137. The van der Waals surface area contributed by atoms with Crippen LogP contribution >= 0.6 is 0 Å². The first kappa shape index (κ1) is 13.5. The van der Waals surface area contributed by atoms with Gasteiger partial charge in [0.15, 0.2) is 0 Å². The lowest BCUT2D eigenvalue weighted by atomic mass is 10.0. The Kier molecular flexibility index (Phi) is 3.26. The zero-order valence-corrected chi connectivity index (χ0v) is 10.5. The van der Waals surface area contributed by atoms with Gasteiger partial charge in [0.2, 0.25) is 0 Å². The predicted molar refractivity (Wildman–Crippen MR) is 65.9 cm³/mol. The molecule has 0 radical (unpaired) electrons. The molecule has 0 saturated carbocycles. The molecule has 0 aliphatic carbocycles. The molecule has 0 fully saturated rings. The lowest BCUT2D eigenvalue weighted by Gasteiger charge is -2.16. The molecule has 1 N–H and O–H groups in total. The van der Waals surface area contributed by atoms with Crippen LogP contribution in [0.25, 0.3) is 11.3 Å². The Bertz CT molecular complexity index is 638. The quantitative estimate of drug-likeness (QED) is 0.891. The fourth-order valence-electron chi connectivity index (χ4n) is 1.97. The van der Waals surface area contributed by atoms with Gasteiger partial charge in [0.25, 0.3) is 5.56 Å². The molecule has 0 aliphatic heterocycles. The molecule has 0 amide bonds. The largest absolute Gasteiger partial charge is 0.417 e. The van der Waals surface area contributed by atoms with Gasteiger partial charge in [0.05, 0.1) is 11.3 Å². The second kappa shape index (κ2) is 4.60. The van der Waals surface area contributed by atoms with Crippen LogP contribution in [0.2, 0.25) is 0 Å². The summed E-state index contributed by atoms with van der Waals surface area (Å²) in [7, 11) is 0. The van der Waals surface area contributed by atoms with Crippen LogP contribution in [0.15, 0.2) is 35.1 Å². The number of benzene rings is 1. The molecule has 0 bridgehead atoms. The molecule has 102 valence electrons. The van der Waals surface area contributed by atoms with Crippen molar-refractivity contribution in [2.75, 3.05) is 0 Å². The number of nitrogens with one attached hydrogen (secondary N) is 1. The van der Waals surface area contributed by atoms with E-state index in [-0.39, 0.29) is 17.3 Å². The third-order valence-corrected chi connectivity index (χ3v) is 2.78. The van der Waals surface area contributed by atoms with Crippen LogP contribution in [0.5, 0.6) is 0 Å². The third kappa shape index (κ3) is 2.57. The van der Waals surface area contributed by atoms with E-state index in [1.54, 1.807) is 13.8 Å². The maximum absolute atomic E-state index is 13.0. The zero-order valence-electron chi connectivity index (χ0n) is 10.5. The third-order valence-electron chi connectivity index (χ3n) is 2.78. The molecule has 2 rings (SSSR count). The van der Waals surface area contributed by atoms with Crippen LogP contribution in [0.3, 0.4) is 0 Å². The van der Waals surface area contributed by atoms with Crippen molar-refractivity contribution in [3.8, 4) is 11.3 Å². The Balaban J connectivity index is 2.70. The fourth-order valence-corrected chi connectivity index (χ4v) is 1.97. The van der Waals surface area contributed by atoms with E-state index in [2.05, 4.69) is 5.10 Å². The highest BCUT2D eigenvalue weighted by atomic mass is 19.4. The summed E-state index contributed by atoms with van der Waals surface area (Å²) < 4.78 is 40.4. The Morgan fingerprint density at radius 1 is 1.21 bits per heavy atom. The van der Waals surface area contributed by atoms with Crippen molar-refractivity contribution >= 4 is 0 Å². The van der Waals surface area contributed by atoms with Crippen molar-refractivity contribution in [1.29, 1.82) is 0 Å². The van der Waals surface area contributed by atoms with E-state index in [9.17, 15) is 18.0 Å². The van der Waals surface area contributed by atoms with Gasteiger partial charge in [-0.15, -0.1) is 0 Å². The standard InChI is InChI=1S/C13H13F3N2O/c1-8(2)18-11(7-12(19)17-18)9-5-3-4-6-10(9)13(14,15)16/h3-8H,1-2H3,(H,17,19). The average Bonchev–Trinajstić information content (AvgIpc) is 2.70. The number of halogens is 3. The molecule has 2 aromatic rings. The first-order chi connectivity index (χ1) is 8.80. The maximum Gasteiger partial charge on any atom is 0.417 e. The number of aromatic nitrogens is 2. The van der Waals surface area contributed by atoms with Crippen molar-refractivity contribution in [2.45, 2.75) is 26.1 Å². The number of alkyl halides is 3. The minimum absolute atomic E-state index is 0.00190. The van der Waals surface area contributed by atoms with E-state index < -0.39 is 17.3 Å². The highest BCUT2D eigenvalue weighted by Gasteiger charge is 2.34. The molecule has 1 aromatic carbocycles. The Morgan fingerprint density at radius 2 is 1.84 bits per heavy atom. The number of rotatable bonds is 2. The predicted octanol–water partition coefficient (Wildman–Crippen LogP) is 3.44. The lowest BCUT2D eigenvalue weighted by Crippen LogP contribution is -2.11. The van der Waals surface area contributed by atoms with E-state index in [1.807, 2.05) is 0 Å². The highest BCUT2D eigenvalue weighted by molar-refractivity contribution is 5.64. The SMILES string of the molecule is CC(C)n1[nH]c(=O)cc1-c1ccccc1C(F)(F)F. The van der Waals surface area contributed by atoms with Crippen molar-refractivity contribution < 1.29 is 13.2 Å². The Hall–Kier alpha value is -1.98. The second-order valence-corrected chi connectivity index (χ2v) is 4.51. The minimum Gasteiger partial charge on any atom is -0.282 e. The van der Waals surface area contributed by atoms with Crippen LogP contribution in [0.4, 0.5) is 13.2 Å². The molecule has 19 heavy (non-hydrogen) atoms. The van der Waals surface area contributed by atoms with E-state index in [0.29, 0.717) is 0 Å². The number of nitrogens with zero attached hydrogens (tertiary/aromatic N) is 1. The summed E-state index contributed by atoms with van der Waals surface area (Å²) in [5.41, 5.74) is -0.918. The molecule has 3 nitrogen and oxygen atoms in total. The van der Waals surface area contributed by atoms with Crippen LogP contribution in [0, 0.1) is 0 Å². The summed E-state index contributed by atoms with van der Waals surface area (Å²) in [5, 5.41) is 2.51. The maximum atomic E-state index is 13.0. The molecular formula is C13H13F3N2O. The molecule has 0 unspecified atom stereocenters. The smallest absolute Gasteiger partial charge is 0.282 e. The van der Waals surface area contributed by atoms with E-state index >= 15 is 0 Å². The van der Waals surface area contributed by atoms with Gasteiger partial charge < -0.3 is 0 Å². The van der Waals surface area contributed by atoms with Gasteiger partial charge in [-0.25, -0.2) is 0 Å². The van der Waals surface area contributed by atoms with Gasteiger partial charge in [-0.3, -0.25) is 14.6 Å². The van der Waals surface area contributed by atoms with E-state index in [4.69, 9.17) is 0 Å². The van der Waals surface area contributed by atoms with Crippen LogP contribution in [0.1, 0.15) is 25.5 Å². The van der Waals surface area contributed by atoms with Crippen LogP contribution in [-0.2, 0) is 6.18 Å². The van der Waals surface area contributed by atoms with E-state index in [1.165, 1.54) is 28.9 Å². The number of aromatic amines is 1. The molecule has 0 saturated heterocycles. The van der Waals surface area contributed by atoms with Crippen LogP contribution in [-0.4, -0.2) is 9.78 Å². The van der Waals surface area contributed by atoms with Crippen molar-refractivity contribution in [1.82, 2.24) is 9.78 Å². The zero-order chi connectivity index (χ0) is 14.2. The van der Waals surface area contributed by atoms with Crippen molar-refractivity contribution in [3.63, 3.8) is 0 Å². The molecule has 0 spiro atoms. The first-order valence-corrected chi connectivity index (χ1v) is 5.79. The summed E-state index contributed by atoms with van der Waals surface area (Å²) in [5.74, 6) is 0. The summed E-state index contributed by atoms with van der Waals surface area (Å²) in [6, 6.07) is 6.27. The van der Waals surface area contributed by atoms with Gasteiger partial charge in [-0.05, 0) is 19.9 Å². The van der Waals surface area contributed by atoms with Gasteiger partial charge in [-0.1, -0.05) is 18.2 Å². The summed E-state index contributed by atoms with van der Waals surface area (Å²) >= 11 is 0. The van der Waals surface area contributed by atoms with Crippen molar-refractivity contribution in [3.05, 3.63) is 46.2 Å². The molecule has 1 aromatic heterocycles. The minimum atomic E-state index is -4.45. The number of H-pyrrole nitrogens is 1. The fraction of sp³-hybridized carbons (Fsp3) is 0.308. The van der Waals surface area contributed by atoms with Crippen molar-refractivity contribution in [2.24, 2.45) is 0 Å². The molecule has 0 aliphatic rings. The molecule has 1 heterocycles. The monoisotopic (exact) mass is 270 g/mol. The highest BCUT2D eigenvalue weighted by Crippen LogP contribution is 2.36. The molecule has 0 atom stereocenters. The first-order valence-electron chi connectivity index (χ1n) is 5.79. The topological polar surface area (TPSA) is 37.8 Å². The van der Waals surface area contributed by atoms with Gasteiger partial charge in [0, 0.05) is 17.7 Å². The van der Waals surface area contributed by atoms with Gasteiger partial charge in [0.1, 0.15) is 0 Å². The molecule has 6 heteroatoms. The second-order valence-electron chi connectivity index (χ2n) is 4.51. The normalized spacial score (nSPS) is 12.1. The Labute approximate surface area is 107 Å².